The number of carboxylic acid groups (broad SMARTS) is 1. The first-order chi connectivity index (χ1) is 16.3. The number of rotatable bonds is 7. The third-order valence-corrected chi connectivity index (χ3v) is 5.67. The molecule has 1 atom stereocenters. The number of aryl methyl sites for hydroxylation is 2. The summed E-state index contributed by atoms with van der Waals surface area (Å²) < 4.78 is 1.32. The third-order valence-electron chi connectivity index (χ3n) is 5.67. The maximum atomic E-state index is 13.0. The van der Waals surface area contributed by atoms with Crippen LogP contribution in [0.4, 0.5) is 0 Å². The summed E-state index contributed by atoms with van der Waals surface area (Å²) in [6.45, 7) is 3.80. The van der Waals surface area contributed by atoms with Gasteiger partial charge < -0.3 is 10.4 Å². The Morgan fingerprint density at radius 2 is 1.62 bits per heavy atom. The molecule has 1 unspecified atom stereocenters. The summed E-state index contributed by atoms with van der Waals surface area (Å²) in [7, 11) is 0. The fourth-order valence-electron chi connectivity index (χ4n) is 3.85. The predicted molar refractivity (Wildman–Crippen MR) is 130 cm³/mol. The molecule has 1 amide bonds. The molecule has 172 valence electrons. The number of aromatic amines is 1. The van der Waals surface area contributed by atoms with Gasteiger partial charge in [0.2, 0.25) is 0 Å². The number of carbonyl (C=O) groups excluding carboxylic acids is 1. The Kier molecular flexibility index (Phi) is 6.45. The van der Waals surface area contributed by atoms with E-state index in [-0.39, 0.29) is 17.7 Å². The Bertz CT molecular complexity index is 1390. The molecule has 3 aromatic carbocycles. The molecular formula is C27H25N3O4. The normalized spacial score (nSPS) is 11.7. The van der Waals surface area contributed by atoms with Gasteiger partial charge in [-0.3, -0.25) is 19.5 Å². The van der Waals surface area contributed by atoms with Gasteiger partial charge in [0.05, 0.1) is 18.2 Å². The number of benzene rings is 3. The summed E-state index contributed by atoms with van der Waals surface area (Å²) in [5.74, 6) is -1.60. The molecule has 7 nitrogen and oxygen atoms in total. The quantitative estimate of drug-likeness (QED) is 0.384. The minimum Gasteiger partial charge on any atom is -0.481 e. The summed E-state index contributed by atoms with van der Waals surface area (Å²) in [4.78, 5) is 37.0. The molecule has 0 aliphatic carbocycles. The first-order valence-corrected chi connectivity index (χ1v) is 10.9. The Morgan fingerprint density at radius 3 is 2.29 bits per heavy atom. The van der Waals surface area contributed by atoms with Crippen LogP contribution in [0, 0.1) is 13.8 Å². The highest BCUT2D eigenvalue weighted by molar-refractivity contribution is 5.92. The maximum absolute atomic E-state index is 13.0. The van der Waals surface area contributed by atoms with Gasteiger partial charge in [-0.25, -0.2) is 4.68 Å². The molecule has 0 bridgehead atoms. The molecule has 1 heterocycles. The number of hydrogen-bond acceptors (Lipinski definition) is 3. The minimum atomic E-state index is -1.04. The number of aromatic nitrogens is 2. The zero-order chi connectivity index (χ0) is 24.2. The van der Waals surface area contributed by atoms with E-state index in [0.29, 0.717) is 11.3 Å². The lowest BCUT2D eigenvalue weighted by molar-refractivity contribution is -0.137. The van der Waals surface area contributed by atoms with Crippen LogP contribution < -0.4 is 10.9 Å². The van der Waals surface area contributed by atoms with Gasteiger partial charge in [-0.15, -0.1) is 0 Å². The Labute approximate surface area is 196 Å². The van der Waals surface area contributed by atoms with E-state index in [1.807, 2.05) is 74.5 Å². The Hall–Kier alpha value is -4.39. The summed E-state index contributed by atoms with van der Waals surface area (Å²) >= 11 is 0. The Morgan fingerprint density at radius 1 is 0.941 bits per heavy atom. The Balaban J connectivity index is 1.59. The van der Waals surface area contributed by atoms with Crippen LogP contribution in [0.2, 0.25) is 0 Å². The van der Waals surface area contributed by atoms with Gasteiger partial charge in [0, 0.05) is 6.07 Å². The van der Waals surface area contributed by atoms with E-state index in [1.165, 1.54) is 10.7 Å². The van der Waals surface area contributed by atoms with Crippen LogP contribution >= 0.6 is 0 Å². The van der Waals surface area contributed by atoms with Crippen molar-refractivity contribution in [1.82, 2.24) is 15.1 Å². The van der Waals surface area contributed by atoms with Crippen LogP contribution in [0.1, 0.15) is 39.6 Å². The predicted octanol–water partition coefficient (Wildman–Crippen LogP) is 4.40. The number of hydrogen-bond donors (Lipinski definition) is 3. The maximum Gasteiger partial charge on any atom is 0.305 e. The van der Waals surface area contributed by atoms with Crippen molar-refractivity contribution in [3.05, 3.63) is 112 Å². The van der Waals surface area contributed by atoms with E-state index < -0.39 is 17.9 Å². The lowest BCUT2D eigenvalue weighted by Gasteiger charge is -2.17. The zero-order valence-corrected chi connectivity index (χ0v) is 18.9. The number of nitrogens with one attached hydrogen (secondary N) is 2. The van der Waals surface area contributed by atoms with E-state index in [1.54, 1.807) is 12.1 Å². The molecule has 0 saturated heterocycles. The number of nitrogens with zero attached hydrogens (tertiary/aromatic N) is 1. The molecule has 1 aromatic heterocycles. The molecule has 0 spiro atoms. The van der Waals surface area contributed by atoms with E-state index in [0.717, 1.165) is 22.3 Å². The van der Waals surface area contributed by atoms with E-state index in [2.05, 4.69) is 10.4 Å². The van der Waals surface area contributed by atoms with Crippen LogP contribution in [0.3, 0.4) is 0 Å². The third kappa shape index (κ3) is 4.99. The number of carbonyl (C=O) groups is 2. The summed E-state index contributed by atoms with van der Waals surface area (Å²) in [6, 6.07) is 23.4. The second-order valence-corrected chi connectivity index (χ2v) is 8.25. The van der Waals surface area contributed by atoms with Crippen LogP contribution in [0.5, 0.6) is 0 Å². The van der Waals surface area contributed by atoms with Crippen LogP contribution in [-0.2, 0) is 4.79 Å². The average Bonchev–Trinajstić information content (AvgIpc) is 3.22. The zero-order valence-electron chi connectivity index (χ0n) is 18.9. The minimum absolute atomic E-state index is 0.0576. The van der Waals surface area contributed by atoms with E-state index >= 15 is 0 Å². The van der Waals surface area contributed by atoms with Crippen LogP contribution in [-0.4, -0.2) is 26.8 Å². The molecular weight excluding hydrogens is 430 g/mol. The standard InChI is InChI=1S/C27H25N3O4/c1-17-8-9-18(2)24(14-17)30-25(31)15-23(29-30)27(34)28-22(16-26(32)33)21-12-10-20(11-13-21)19-6-4-3-5-7-19/h3-15,22,29H,16H2,1-2H3,(H,28,34)(H,32,33). The van der Waals surface area contributed by atoms with E-state index in [4.69, 9.17) is 0 Å². The summed E-state index contributed by atoms with van der Waals surface area (Å²) in [6.07, 6.45) is -0.293. The van der Waals surface area contributed by atoms with Crippen molar-refractivity contribution < 1.29 is 14.7 Å². The number of carboxylic acids is 1. The van der Waals surface area contributed by atoms with Gasteiger partial charge in [-0.2, -0.15) is 0 Å². The van der Waals surface area contributed by atoms with Gasteiger partial charge in [-0.05, 0) is 47.7 Å². The number of H-pyrrole nitrogens is 1. The number of amides is 1. The molecule has 0 aliphatic rings. The van der Waals surface area contributed by atoms with Crippen molar-refractivity contribution in [2.45, 2.75) is 26.3 Å². The molecule has 3 N–H and O–H groups in total. The van der Waals surface area contributed by atoms with Gasteiger partial charge in [0.15, 0.2) is 0 Å². The molecule has 0 aliphatic heterocycles. The van der Waals surface area contributed by atoms with Gasteiger partial charge in [0.25, 0.3) is 11.5 Å². The van der Waals surface area contributed by atoms with Crippen molar-refractivity contribution >= 4 is 11.9 Å². The molecule has 4 aromatic rings. The molecule has 34 heavy (non-hydrogen) atoms. The highest BCUT2D eigenvalue weighted by Gasteiger charge is 2.21. The fraction of sp³-hybridized carbons (Fsp3) is 0.148. The highest BCUT2D eigenvalue weighted by Crippen LogP contribution is 2.24. The second kappa shape index (κ2) is 9.62. The topological polar surface area (TPSA) is 104 Å². The first-order valence-electron chi connectivity index (χ1n) is 10.9. The monoisotopic (exact) mass is 455 g/mol. The smallest absolute Gasteiger partial charge is 0.305 e. The van der Waals surface area contributed by atoms with E-state index in [9.17, 15) is 19.5 Å². The van der Waals surface area contributed by atoms with Crippen molar-refractivity contribution in [2.24, 2.45) is 0 Å². The van der Waals surface area contributed by atoms with Gasteiger partial charge >= 0.3 is 5.97 Å². The van der Waals surface area contributed by atoms with Crippen LogP contribution in [0.15, 0.2) is 83.7 Å². The average molecular weight is 456 g/mol. The van der Waals surface area contributed by atoms with Gasteiger partial charge in [0.1, 0.15) is 5.69 Å². The van der Waals surface area contributed by atoms with Crippen LogP contribution in [0.25, 0.3) is 16.8 Å². The summed E-state index contributed by atoms with van der Waals surface area (Å²) in [5, 5.41) is 15.0. The first kappa shape index (κ1) is 22.8. The molecule has 0 fully saturated rings. The molecule has 0 radical (unpaired) electrons. The molecule has 7 heteroatoms. The van der Waals surface area contributed by atoms with Crippen molar-refractivity contribution in [1.29, 1.82) is 0 Å². The lowest BCUT2D eigenvalue weighted by Crippen LogP contribution is -2.30. The van der Waals surface area contributed by atoms with Crippen molar-refractivity contribution in [3.63, 3.8) is 0 Å². The largest absolute Gasteiger partial charge is 0.481 e. The van der Waals surface area contributed by atoms with Gasteiger partial charge in [-0.1, -0.05) is 66.7 Å². The fourth-order valence-corrected chi connectivity index (χ4v) is 3.85. The lowest BCUT2D eigenvalue weighted by atomic mass is 9.99. The van der Waals surface area contributed by atoms with Crippen molar-refractivity contribution in [2.75, 3.05) is 0 Å². The summed E-state index contributed by atoms with van der Waals surface area (Å²) in [5.41, 5.74) is 4.88. The SMILES string of the molecule is Cc1ccc(C)c(-n2[nH]c(C(=O)NC(CC(=O)O)c3ccc(-c4ccccc4)cc3)cc2=O)c1. The molecule has 4 rings (SSSR count). The van der Waals surface area contributed by atoms with Crippen molar-refractivity contribution in [3.8, 4) is 16.8 Å². The molecule has 0 saturated carbocycles. The number of aliphatic carboxylic acids is 1. The second-order valence-electron chi connectivity index (χ2n) is 8.25. The highest BCUT2D eigenvalue weighted by atomic mass is 16.4.